The smallest absolute Gasteiger partial charge is 0.338 e. The Hall–Kier alpha value is -4.37. The van der Waals surface area contributed by atoms with Crippen LogP contribution in [-0.4, -0.2) is 34.9 Å². The zero-order chi connectivity index (χ0) is 32.6. The summed E-state index contributed by atoms with van der Waals surface area (Å²) in [5.41, 5.74) is 6.69. The van der Waals surface area contributed by atoms with Gasteiger partial charge in [-0.25, -0.2) is 9.79 Å². The molecule has 0 bridgehead atoms. The highest BCUT2D eigenvalue weighted by atomic mass is 32.1. The van der Waals surface area contributed by atoms with E-state index in [2.05, 4.69) is 62.6 Å². The van der Waals surface area contributed by atoms with Crippen molar-refractivity contribution in [1.82, 2.24) is 9.13 Å². The van der Waals surface area contributed by atoms with Gasteiger partial charge in [0.15, 0.2) is 16.3 Å². The largest absolute Gasteiger partial charge is 0.493 e. The molecular weight excluding hydrogens is 586 g/mol. The predicted molar refractivity (Wildman–Crippen MR) is 178 cm³/mol. The Kier molecular flexibility index (Phi) is 9.20. The highest BCUT2D eigenvalue weighted by molar-refractivity contribution is 7.07. The van der Waals surface area contributed by atoms with Crippen LogP contribution in [-0.2, 0) is 9.53 Å². The Balaban J connectivity index is 1.66. The molecule has 0 aliphatic carbocycles. The second-order valence-corrected chi connectivity index (χ2v) is 12.8. The third kappa shape index (κ3) is 6.14. The molecule has 2 aromatic heterocycles. The first-order chi connectivity index (χ1) is 21.4. The number of carbonyl (C=O) groups excluding carboxylic acids is 1. The molecule has 0 radical (unpaired) electrons. The number of benzene rings is 2. The lowest BCUT2D eigenvalue weighted by Crippen LogP contribution is -2.40. The van der Waals surface area contributed by atoms with Crippen LogP contribution in [0.25, 0.3) is 11.8 Å². The number of aromatic nitrogens is 2. The van der Waals surface area contributed by atoms with E-state index in [0.29, 0.717) is 43.6 Å². The second-order valence-electron chi connectivity index (χ2n) is 11.8. The van der Waals surface area contributed by atoms with Crippen LogP contribution in [0, 0.1) is 13.8 Å². The van der Waals surface area contributed by atoms with E-state index in [9.17, 15) is 9.59 Å². The monoisotopic (exact) mass is 627 g/mol. The summed E-state index contributed by atoms with van der Waals surface area (Å²) in [6.45, 7) is 16.1. The summed E-state index contributed by atoms with van der Waals surface area (Å²) in [4.78, 5) is 32.8. The van der Waals surface area contributed by atoms with Gasteiger partial charge in [0.2, 0.25) is 0 Å². The molecule has 0 saturated carbocycles. The molecule has 2 aromatic carbocycles. The number of hydrogen-bond acceptors (Lipinski definition) is 7. The van der Waals surface area contributed by atoms with Gasteiger partial charge in [-0.2, -0.15) is 0 Å². The lowest BCUT2D eigenvalue weighted by Gasteiger charge is -2.25. The van der Waals surface area contributed by atoms with Crippen molar-refractivity contribution in [2.75, 3.05) is 13.7 Å². The number of esters is 1. The molecule has 0 amide bonds. The average molecular weight is 628 g/mol. The van der Waals surface area contributed by atoms with Gasteiger partial charge in [-0.05, 0) is 101 Å². The number of aryl methyl sites for hydroxylation is 1. The summed E-state index contributed by atoms with van der Waals surface area (Å²) < 4.78 is 21.4. The van der Waals surface area contributed by atoms with Gasteiger partial charge in [0.1, 0.15) is 0 Å². The third-order valence-corrected chi connectivity index (χ3v) is 8.94. The van der Waals surface area contributed by atoms with E-state index >= 15 is 0 Å². The first-order valence-corrected chi connectivity index (χ1v) is 16.1. The topological polar surface area (TPSA) is 84.1 Å². The quantitative estimate of drug-likeness (QED) is 0.209. The fourth-order valence-corrected chi connectivity index (χ4v) is 6.83. The Bertz CT molecular complexity index is 1960. The van der Waals surface area contributed by atoms with Crippen molar-refractivity contribution in [3.63, 3.8) is 0 Å². The molecule has 0 spiro atoms. The Morgan fingerprint density at radius 1 is 1.02 bits per heavy atom. The fraction of sp³-hybridized carbons (Fsp3) is 0.361. The Labute approximate surface area is 267 Å². The van der Waals surface area contributed by atoms with Crippen LogP contribution >= 0.6 is 11.3 Å². The molecule has 0 N–H and O–H groups in total. The molecule has 0 saturated heterocycles. The zero-order valence-electron chi connectivity index (χ0n) is 27.4. The van der Waals surface area contributed by atoms with Crippen LogP contribution in [0.3, 0.4) is 0 Å². The minimum atomic E-state index is -0.753. The molecule has 5 rings (SSSR count). The van der Waals surface area contributed by atoms with E-state index in [-0.39, 0.29) is 18.3 Å². The van der Waals surface area contributed by atoms with Crippen LogP contribution < -0.4 is 24.4 Å². The molecule has 8 nitrogen and oxygen atoms in total. The van der Waals surface area contributed by atoms with Crippen LogP contribution in [0.1, 0.15) is 81.6 Å². The molecule has 3 heterocycles. The lowest BCUT2D eigenvalue weighted by molar-refractivity contribution is -0.139. The van der Waals surface area contributed by atoms with E-state index in [4.69, 9.17) is 19.2 Å². The number of thiazole rings is 1. The van der Waals surface area contributed by atoms with Crippen LogP contribution in [0.2, 0.25) is 0 Å². The number of nitrogens with zero attached hydrogens (tertiary/aromatic N) is 3. The van der Waals surface area contributed by atoms with Gasteiger partial charge in [-0.15, -0.1) is 0 Å². The molecule has 4 aromatic rings. The van der Waals surface area contributed by atoms with E-state index in [1.807, 2.05) is 38.1 Å². The van der Waals surface area contributed by atoms with Crippen molar-refractivity contribution >= 4 is 23.4 Å². The molecule has 9 heteroatoms. The normalized spacial score (nSPS) is 15.0. The van der Waals surface area contributed by atoms with Gasteiger partial charge < -0.3 is 18.8 Å². The fourth-order valence-electron chi connectivity index (χ4n) is 5.79. The highest BCUT2D eigenvalue weighted by Gasteiger charge is 2.34. The molecule has 0 unspecified atom stereocenters. The number of ether oxygens (including phenoxy) is 3. The predicted octanol–water partition coefficient (Wildman–Crippen LogP) is 6.13. The van der Waals surface area contributed by atoms with E-state index in [1.54, 1.807) is 25.5 Å². The summed E-state index contributed by atoms with van der Waals surface area (Å²) >= 11 is 1.31. The van der Waals surface area contributed by atoms with Gasteiger partial charge in [-0.3, -0.25) is 9.36 Å². The van der Waals surface area contributed by atoms with Gasteiger partial charge in [0, 0.05) is 17.1 Å². The highest BCUT2D eigenvalue weighted by Crippen LogP contribution is 2.36. The molecule has 1 aliphatic rings. The van der Waals surface area contributed by atoms with Gasteiger partial charge >= 0.3 is 5.97 Å². The average Bonchev–Trinajstić information content (AvgIpc) is 3.45. The number of allylic oxidation sites excluding steroid dienone is 1. The maximum Gasteiger partial charge on any atom is 0.338 e. The van der Waals surface area contributed by atoms with Gasteiger partial charge in [0.05, 0.1) is 41.7 Å². The van der Waals surface area contributed by atoms with E-state index < -0.39 is 12.0 Å². The number of methoxy groups -OCH3 is 1. The Morgan fingerprint density at radius 3 is 2.36 bits per heavy atom. The minimum absolute atomic E-state index is 0.0546. The summed E-state index contributed by atoms with van der Waals surface area (Å²) in [7, 11) is 1.57. The zero-order valence-corrected chi connectivity index (χ0v) is 28.2. The van der Waals surface area contributed by atoms with Crippen LogP contribution in [0.15, 0.2) is 69.6 Å². The summed E-state index contributed by atoms with van der Waals surface area (Å²) in [5.74, 6) is 1.04. The third-order valence-electron chi connectivity index (χ3n) is 7.96. The summed E-state index contributed by atoms with van der Waals surface area (Å²) in [6.07, 6.45) is 1.87. The number of rotatable bonds is 9. The Morgan fingerprint density at radius 2 is 1.73 bits per heavy atom. The SMILES string of the molecule is CCOC(=O)C1=C(C)N=c2s/c(=C\c3cc(C)n(-c4ccc(C(C)C)cc4)c3C)c(=O)n2[C@@H]1c1ccc(OC(C)C)c(OC)c1. The van der Waals surface area contributed by atoms with Gasteiger partial charge in [0.25, 0.3) is 5.56 Å². The summed E-state index contributed by atoms with van der Waals surface area (Å²) in [5, 5.41) is 0. The van der Waals surface area contributed by atoms with Gasteiger partial charge in [-0.1, -0.05) is 43.4 Å². The van der Waals surface area contributed by atoms with E-state index in [0.717, 1.165) is 22.6 Å². The minimum Gasteiger partial charge on any atom is -0.493 e. The molecule has 1 atom stereocenters. The maximum atomic E-state index is 14.2. The second kappa shape index (κ2) is 12.9. The molecule has 0 fully saturated rings. The molecule has 45 heavy (non-hydrogen) atoms. The van der Waals surface area contributed by atoms with Crippen molar-refractivity contribution in [1.29, 1.82) is 0 Å². The maximum absolute atomic E-state index is 14.2. The molecule has 236 valence electrons. The van der Waals surface area contributed by atoms with E-state index in [1.165, 1.54) is 16.9 Å². The first-order valence-electron chi connectivity index (χ1n) is 15.3. The number of hydrogen-bond donors (Lipinski definition) is 0. The van der Waals surface area contributed by atoms with Crippen molar-refractivity contribution in [2.45, 2.75) is 73.5 Å². The van der Waals surface area contributed by atoms with Crippen LogP contribution in [0.5, 0.6) is 11.5 Å². The molecular formula is C36H41N3O5S. The lowest BCUT2D eigenvalue weighted by atomic mass is 9.95. The first kappa shape index (κ1) is 32.0. The standard InChI is InChI=1S/C36H41N3O5S/c1-10-43-35(41)32-23(7)37-36-39(33(32)26-13-16-29(44-21(4)5)30(18-26)42-9)34(40)31(45-36)19-27-17-22(6)38(24(27)8)28-14-11-25(12-15-28)20(2)3/h11-21,33H,10H2,1-9H3/b31-19-/t33-/m1/s1. The van der Waals surface area contributed by atoms with Crippen molar-refractivity contribution in [3.05, 3.63) is 108 Å². The van der Waals surface area contributed by atoms with Crippen LogP contribution in [0.4, 0.5) is 0 Å². The number of fused-ring (bicyclic) bond motifs is 1. The van der Waals surface area contributed by atoms with Crippen molar-refractivity contribution in [2.24, 2.45) is 4.99 Å². The number of carbonyl (C=O) groups is 1. The summed E-state index contributed by atoms with van der Waals surface area (Å²) in [6, 6.07) is 15.4. The molecule has 1 aliphatic heterocycles. The van der Waals surface area contributed by atoms with Crippen molar-refractivity contribution < 1.29 is 19.0 Å². The van der Waals surface area contributed by atoms with Crippen molar-refractivity contribution in [3.8, 4) is 17.2 Å².